The quantitative estimate of drug-likeness (QED) is 0.254. The number of amides is 1. The fourth-order valence-corrected chi connectivity index (χ4v) is 6.89. The molecule has 1 aromatic carbocycles. The van der Waals surface area contributed by atoms with Crippen LogP contribution in [0.15, 0.2) is 27.6 Å². The maximum Gasteiger partial charge on any atom is 0.404 e. The molecule has 3 heterocycles. The van der Waals surface area contributed by atoms with E-state index in [1.807, 2.05) is 20.8 Å². The van der Waals surface area contributed by atoms with Gasteiger partial charge in [0.15, 0.2) is 5.82 Å². The Hall–Kier alpha value is -3.74. The summed E-state index contributed by atoms with van der Waals surface area (Å²) in [6.45, 7) is 5.45. The third-order valence-electron chi connectivity index (χ3n) is 6.81. The Kier molecular flexibility index (Phi) is 11.6. The number of thiazole rings is 1. The molecule has 264 valence electrons. The summed E-state index contributed by atoms with van der Waals surface area (Å²) in [6.07, 6.45) is -9.42. The molecule has 10 nitrogen and oxygen atoms in total. The van der Waals surface area contributed by atoms with Crippen molar-refractivity contribution in [1.29, 1.82) is 0 Å². The van der Waals surface area contributed by atoms with Crippen LogP contribution in [0, 0.1) is 11.2 Å². The number of carbonyl (C=O) groups is 1. The van der Waals surface area contributed by atoms with Crippen LogP contribution in [-0.4, -0.2) is 66.7 Å². The van der Waals surface area contributed by atoms with Crippen molar-refractivity contribution in [3.05, 3.63) is 41.0 Å². The summed E-state index contributed by atoms with van der Waals surface area (Å²) < 4.78 is 143. The largest absolute Gasteiger partial charge is 0.404 e. The summed E-state index contributed by atoms with van der Waals surface area (Å²) in [5.74, 6) is -5.57. The third-order valence-corrected chi connectivity index (χ3v) is 9.48. The maximum atomic E-state index is 15.6. The molecular weight excluding hydrogens is 704 g/mol. The van der Waals surface area contributed by atoms with E-state index >= 15 is 4.39 Å². The number of piperidine rings is 1. The molecule has 0 spiro atoms. The normalized spacial score (nSPS) is 15.9. The van der Waals surface area contributed by atoms with Gasteiger partial charge in [0.1, 0.15) is 33.1 Å². The molecule has 1 N–H and O–H groups in total. The highest BCUT2D eigenvalue weighted by atomic mass is 32.2. The van der Waals surface area contributed by atoms with Crippen LogP contribution in [0.4, 0.5) is 35.1 Å². The Morgan fingerprint density at radius 2 is 1.73 bits per heavy atom. The number of nitrogens with zero attached hydrogens (tertiary/aromatic N) is 3. The molecule has 0 bridgehead atoms. The zero-order valence-electron chi connectivity index (χ0n) is 25.6. The molecule has 48 heavy (non-hydrogen) atoms. The predicted molar refractivity (Wildman–Crippen MR) is 152 cm³/mol. The Labute approximate surface area is 272 Å². The van der Waals surface area contributed by atoms with Crippen LogP contribution >= 0.6 is 11.3 Å². The fraction of sp³-hybridized carbons (Fsp3) is 0.500. The van der Waals surface area contributed by atoms with Gasteiger partial charge in [-0.15, -0.1) is 11.3 Å². The minimum atomic E-state index is -5.29. The Morgan fingerprint density at radius 3 is 2.25 bits per heavy atom. The van der Waals surface area contributed by atoms with Gasteiger partial charge in [0.05, 0.1) is 10.4 Å². The number of nitrogens with one attached hydrogen (secondary N) is 1. The van der Waals surface area contributed by atoms with Crippen molar-refractivity contribution in [2.24, 2.45) is 5.41 Å². The van der Waals surface area contributed by atoms with Gasteiger partial charge in [-0.05, 0) is 18.4 Å². The number of sulfonamides is 1. The highest BCUT2D eigenvalue weighted by Gasteiger charge is 2.41. The lowest BCUT2D eigenvalue weighted by Gasteiger charge is -2.31. The van der Waals surface area contributed by atoms with Gasteiger partial charge in [0.2, 0.25) is 10.0 Å². The number of likely N-dealkylation sites (tertiary alicyclic amines) is 1. The van der Waals surface area contributed by atoms with Gasteiger partial charge in [-0.25, -0.2) is 35.4 Å². The summed E-state index contributed by atoms with van der Waals surface area (Å²) >= 11 is 0.614. The van der Waals surface area contributed by atoms with Gasteiger partial charge in [-0.2, -0.15) is 27.5 Å². The first-order valence-corrected chi connectivity index (χ1v) is 16.1. The molecule has 4 rings (SSSR count). The van der Waals surface area contributed by atoms with Crippen LogP contribution in [0.1, 0.15) is 68.8 Å². The van der Waals surface area contributed by atoms with Crippen molar-refractivity contribution in [3.63, 3.8) is 0 Å². The average Bonchev–Trinajstić information content (AvgIpc) is 3.58. The number of rotatable bonds is 8. The first kappa shape index (κ1) is 38.7. The van der Waals surface area contributed by atoms with E-state index in [2.05, 4.69) is 10.1 Å². The Morgan fingerprint density at radius 1 is 1.15 bits per heavy atom. The van der Waals surface area contributed by atoms with Crippen molar-refractivity contribution in [3.8, 4) is 21.1 Å². The fourth-order valence-electron chi connectivity index (χ4n) is 4.52. The van der Waals surface area contributed by atoms with E-state index in [-0.39, 0.29) is 27.1 Å². The van der Waals surface area contributed by atoms with Crippen LogP contribution in [0.5, 0.6) is 0 Å². The van der Waals surface area contributed by atoms with E-state index in [9.17, 15) is 43.9 Å². The molecule has 0 aliphatic carbocycles. The minimum Gasteiger partial charge on any atom is -0.361 e. The average molecular weight is 733 g/mol. The number of halogens is 8. The molecule has 0 unspecified atom stereocenters. The van der Waals surface area contributed by atoms with Crippen LogP contribution in [0.25, 0.3) is 21.1 Å². The zero-order valence-corrected chi connectivity index (χ0v) is 27.2. The SMILES string of the molecule is C[C@H](NS(=O)(=O)c1ccc(-c2sc(-c3cc(CC(C)(C)C)on3)nc2C(=O)N2CCC(F)(F)CC2)c(C(F)F)c1F)C(F)(F)F.O=C=O. The van der Waals surface area contributed by atoms with Gasteiger partial charge < -0.3 is 9.42 Å². The van der Waals surface area contributed by atoms with E-state index < -0.39 is 94.0 Å². The molecule has 3 aromatic rings. The Balaban J connectivity index is 0.00000201. The molecule has 1 amide bonds. The first-order chi connectivity index (χ1) is 22.0. The van der Waals surface area contributed by atoms with Gasteiger partial charge >= 0.3 is 12.3 Å². The molecule has 1 aliphatic heterocycles. The van der Waals surface area contributed by atoms with Crippen LogP contribution in [-0.2, 0) is 26.0 Å². The summed E-state index contributed by atoms with van der Waals surface area (Å²) in [5.41, 5.74) is -2.82. The lowest BCUT2D eigenvalue weighted by molar-refractivity contribution is -0.191. The molecule has 1 aliphatic rings. The van der Waals surface area contributed by atoms with E-state index in [1.54, 1.807) is 0 Å². The summed E-state index contributed by atoms with van der Waals surface area (Å²) in [4.78, 5) is 33.2. The van der Waals surface area contributed by atoms with Crippen molar-refractivity contribution in [2.45, 2.75) is 76.4 Å². The number of hydrogen-bond donors (Lipinski definition) is 1. The second-order valence-corrected chi connectivity index (χ2v) is 14.5. The molecule has 1 saturated heterocycles. The Bertz CT molecular complexity index is 1770. The summed E-state index contributed by atoms with van der Waals surface area (Å²) in [5, 5.41) is 3.90. The van der Waals surface area contributed by atoms with E-state index in [0.717, 1.165) is 11.0 Å². The van der Waals surface area contributed by atoms with Crippen LogP contribution in [0.2, 0.25) is 0 Å². The smallest absolute Gasteiger partial charge is 0.361 e. The second kappa shape index (κ2) is 14.4. The lowest BCUT2D eigenvalue weighted by atomic mass is 9.91. The highest BCUT2D eigenvalue weighted by Crippen LogP contribution is 2.43. The number of alkyl halides is 7. The maximum absolute atomic E-state index is 15.6. The van der Waals surface area contributed by atoms with Gasteiger partial charge in [-0.1, -0.05) is 32.0 Å². The van der Waals surface area contributed by atoms with Gasteiger partial charge in [0.25, 0.3) is 18.3 Å². The molecule has 2 aromatic heterocycles. The highest BCUT2D eigenvalue weighted by molar-refractivity contribution is 7.89. The molecule has 0 saturated carbocycles. The lowest BCUT2D eigenvalue weighted by Crippen LogP contribution is -2.43. The van der Waals surface area contributed by atoms with Gasteiger partial charge in [0, 0.05) is 44.0 Å². The van der Waals surface area contributed by atoms with Crippen molar-refractivity contribution >= 4 is 33.4 Å². The predicted octanol–water partition coefficient (Wildman–Crippen LogP) is 6.65. The van der Waals surface area contributed by atoms with Crippen LogP contribution < -0.4 is 4.72 Å². The molecule has 1 atom stereocenters. The van der Waals surface area contributed by atoms with Crippen molar-refractivity contribution in [2.75, 3.05) is 13.1 Å². The minimum absolute atomic E-state index is 0.0300. The van der Waals surface area contributed by atoms with Crippen molar-refractivity contribution in [1.82, 2.24) is 19.8 Å². The standard InChI is InChI=1S/C27H28F8N4O4S2.CO2/c1-13(27(33,34)35)38-45(41,42)17-6-5-15(18(19(17)28)22(29)30)21-20(24(40)39-9-7-26(31,32)8-10-39)36-23(44-21)16-11-14(43-37-16)12-25(2,3)4;2-1-3/h5-6,11,13,22,38H,7-10,12H2,1-4H3;/t13-;/m0./s1. The summed E-state index contributed by atoms with van der Waals surface area (Å²) in [6, 6.07) is 0.0481. The number of carbonyl (C=O) groups excluding carboxylic acids is 3. The van der Waals surface area contributed by atoms with Gasteiger partial charge in [-0.3, -0.25) is 4.79 Å². The monoisotopic (exact) mass is 732 g/mol. The number of aromatic nitrogens is 2. The first-order valence-electron chi connectivity index (χ1n) is 13.8. The van der Waals surface area contributed by atoms with E-state index in [0.29, 0.717) is 36.5 Å². The topological polar surface area (TPSA) is 140 Å². The molecular formula is C28H28F8N4O6S2. The zero-order chi connectivity index (χ0) is 36.4. The third kappa shape index (κ3) is 9.24. The molecule has 0 radical (unpaired) electrons. The van der Waals surface area contributed by atoms with Crippen LogP contribution in [0.3, 0.4) is 0 Å². The van der Waals surface area contributed by atoms with E-state index in [1.165, 1.54) is 10.8 Å². The van der Waals surface area contributed by atoms with Crippen molar-refractivity contribution < 1.29 is 62.4 Å². The van der Waals surface area contributed by atoms with E-state index in [4.69, 9.17) is 14.1 Å². The summed E-state index contributed by atoms with van der Waals surface area (Å²) in [7, 11) is -5.29. The number of hydrogen-bond acceptors (Lipinski definition) is 9. The second-order valence-electron chi connectivity index (χ2n) is 11.9. The molecule has 20 heteroatoms. The molecule has 1 fully saturated rings. The number of benzene rings is 1.